The zero-order chi connectivity index (χ0) is 19.1. The molecule has 1 heterocycles. The number of rotatable bonds is 6. The zero-order valence-corrected chi connectivity index (χ0v) is 14.6. The average molecular weight is 376 g/mol. The summed E-state index contributed by atoms with van der Waals surface area (Å²) in [5.41, 5.74) is 0. The Morgan fingerprint density at radius 3 is 2.12 bits per heavy atom. The van der Waals surface area contributed by atoms with Crippen LogP contribution in [0.2, 0.25) is 0 Å². The Balaban J connectivity index is 2.48. The lowest BCUT2D eigenvalue weighted by Gasteiger charge is -2.39. The molecule has 25 heavy (non-hydrogen) atoms. The van der Waals surface area contributed by atoms with Crippen molar-refractivity contribution in [3.63, 3.8) is 0 Å². The van der Waals surface area contributed by atoms with E-state index in [0.29, 0.717) is 32.0 Å². The molecule has 0 saturated carbocycles. The van der Waals surface area contributed by atoms with Gasteiger partial charge in [-0.3, -0.25) is 9.89 Å². The number of unbranched alkanes of at least 4 members (excludes halogenated alkanes) is 1. The Morgan fingerprint density at radius 2 is 1.64 bits per heavy atom. The second-order valence-electron chi connectivity index (χ2n) is 6.05. The number of hydrogen-bond acceptors (Lipinski definition) is 2. The Bertz CT molecular complexity index is 413. The van der Waals surface area contributed by atoms with Crippen LogP contribution in [0.1, 0.15) is 33.1 Å². The van der Waals surface area contributed by atoms with Crippen LogP contribution in [-0.2, 0) is 0 Å². The Labute approximate surface area is 144 Å². The number of halogens is 6. The molecular weight excluding hydrogens is 350 g/mol. The van der Waals surface area contributed by atoms with Gasteiger partial charge in [0.05, 0.1) is 0 Å². The van der Waals surface area contributed by atoms with E-state index in [1.807, 2.05) is 11.8 Å². The maximum absolute atomic E-state index is 12.8. The van der Waals surface area contributed by atoms with Gasteiger partial charge in [-0.2, -0.15) is 26.3 Å². The van der Waals surface area contributed by atoms with E-state index in [1.54, 1.807) is 0 Å². The normalized spacial score (nSPS) is 19.2. The van der Waals surface area contributed by atoms with Gasteiger partial charge in [0, 0.05) is 45.7 Å². The molecule has 4 nitrogen and oxygen atoms in total. The minimum atomic E-state index is -4.25. The summed E-state index contributed by atoms with van der Waals surface area (Å²) < 4.78 is 74.6. The van der Waals surface area contributed by atoms with Gasteiger partial charge in [-0.25, -0.2) is 0 Å². The van der Waals surface area contributed by atoms with Gasteiger partial charge in [-0.05, 0) is 26.7 Å². The molecule has 1 saturated heterocycles. The molecule has 0 bridgehead atoms. The van der Waals surface area contributed by atoms with Crippen molar-refractivity contribution >= 4 is 5.96 Å². The maximum atomic E-state index is 12.8. The lowest BCUT2D eigenvalue weighted by molar-refractivity contribution is -0.181. The number of piperazine rings is 1. The van der Waals surface area contributed by atoms with Crippen LogP contribution in [0, 0.1) is 0 Å². The molecule has 1 aliphatic rings. The second kappa shape index (κ2) is 9.49. The average Bonchev–Trinajstić information content (AvgIpc) is 2.51. The van der Waals surface area contributed by atoms with Gasteiger partial charge in [0.2, 0.25) is 0 Å². The standard InChI is InChI=1S/C15H26F6N4/c1-3-22-13(23-7-5-4-6-14(16,17)18)25-10-8-24(9-11-25)12(2)15(19,20)21/h12H,3-11H2,1-2H3,(H,22,23). The summed E-state index contributed by atoms with van der Waals surface area (Å²) in [6.45, 7) is 5.18. The van der Waals surface area contributed by atoms with Crippen molar-refractivity contribution in [3.8, 4) is 0 Å². The van der Waals surface area contributed by atoms with Crippen molar-refractivity contribution in [2.45, 2.75) is 51.5 Å². The predicted octanol–water partition coefficient (Wildman–Crippen LogP) is 3.25. The first-order chi connectivity index (χ1) is 11.5. The predicted molar refractivity (Wildman–Crippen MR) is 84.5 cm³/mol. The Hall–Kier alpha value is -1.19. The van der Waals surface area contributed by atoms with Crippen LogP contribution < -0.4 is 5.32 Å². The first-order valence-corrected chi connectivity index (χ1v) is 8.45. The van der Waals surface area contributed by atoms with Crippen LogP contribution in [0.15, 0.2) is 4.99 Å². The van der Waals surface area contributed by atoms with Gasteiger partial charge in [-0.1, -0.05) is 0 Å². The second-order valence-corrected chi connectivity index (χ2v) is 6.05. The van der Waals surface area contributed by atoms with E-state index in [-0.39, 0.29) is 26.1 Å². The number of guanidine groups is 1. The lowest BCUT2D eigenvalue weighted by atomic mass is 10.2. The summed E-state index contributed by atoms with van der Waals surface area (Å²) in [5, 5.41) is 3.05. The molecule has 0 aromatic rings. The molecular formula is C15H26F6N4. The highest BCUT2D eigenvalue weighted by Gasteiger charge is 2.41. The third-order valence-electron chi connectivity index (χ3n) is 4.10. The van der Waals surface area contributed by atoms with Crippen molar-refractivity contribution in [1.29, 1.82) is 0 Å². The molecule has 1 N–H and O–H groups in total. The third kappa shape index (κ3) is 8.15. The number of alkyl halides is 6. The lowest BCUT2D eigenvalue weighted by Crippen LogP contribution is -2.56. The molecule has 1 atom stereocenters. The van der Waals surface area contributed by atoms with Crippen molar-refractivity contribution < 1.29 is 26.3 Å². The summed E-state index contributed by atoms with van der Waals surface area (Å²) in [5.74, 6) is 0.550. The SMILES string of the molecule is CCNC(=NCCCCC(F)(F)F)N1CCN(C(C)C(F)(F)F)CC1. The van der Waals surface area contributed by atoms with Gasteiger partial charge in [-0.15, -0.1) is 0 Å². The molecule has 0 spiro atoms. The molecule has 1 unspecified atom stereocenters. The highest BCUT2D eigenvalue weighted by molar-refractivity contribution is 5.80. The molecule has 1 rings (SSSR count). The molecule has 0 aromatic heterocycles. The summed E-state index contributed by atoms with van der Waals surface area (Å²) >= 11 is 0. The monoisotopic (exact) mass is 376 g/mol. The smallest absolute Gasteiger partial charge is 0.357 e. The fraction of sp³-hybridized carbons (Fsp3) is 0.933. The van der Waals surface area contributed by atoms with Crippen LogP contribution in [0.25, 0.3) is 0 Å². The fourth-order valence-corrected chi connectivity index (χ4v) is 2.58. The van der Waals surface area contributed by atoms with Gasteiger partial charge in [0.1, 0.15) is 6.04 Å². The van der Waals surface area contributed by atoms with E-state index in [2.05, 4.69) is 10.3 Å². The topological polar surface area (TPSA) is 30.9 Å². The van der Waals surface area contributed by atoms with E-state index >= 15 is 0 Å². The zero-order valence-electron chi connectivity index (χ0n) is 14.6. The number of aliphatic imine (C=N–C) groups is 1. The minimum Gasteiger partial charge on any atom is -0.357 e. The molecule has 148 valence electrons. The summed E-state index contributed by atoms with van der Waals surface area (Å²) in [7, 11) is 0. The molecule has 1 fully saturated rings. The number of nitrogens with one attached hydrogen (secondary N) is 1. The summed E-state index contributed by atoms with van der Waals surface area (Å²) in [6, 6.07) is -1.49. The third-order valence-corrected chi connectivity index (χ3v) is 4.10. The number of nitrogens with zero attached hydrogens (tertiary/aromatic N) is 3. The summed E-state index contributed by atoms with van der Waals surface area (Å²) in [6.07, 6.45) is -8.89. The van der Waals surface area contributed by atoms with Crippen molar-refractivity contribution in [1.82, 2.24) is 15.1 Å². The van der Waals surface area contributed by atoms with Crippen molar-refractivity contribution in [2.75, 3.05) is 39.3 Å². The molecule has 0 amide bonds. The highest BCUT2D eigenvalue weighted by Crippen LogP contribution is 2.25. The quantitative estimate of drug-likeness (QED) is 0.334. The van der Waals surface area contributed by atoms with Gasteiger partial charge < -0.3 is 10.2 Å². The van der Waals surface area contributed by atoms with E-state index in [0.717, 1.165) is 6.92 Å². The first-order valence-electron chi connectivity index (χ1n) is 8.45. The molecule has 0 aliphatic carbocycles. The molecule has 10 heteroatoms. The highest BCUT2D eigenvalue weighted by atomic mass is 19.4. The maximum Gasteiger partial charge on any atom is 0.403 e. The minimum absolute atomic E-state index is 0.0171. The number of hydrogen-bond donors (Lipinski definition) is 1. The van der Waals surface area contributed by atoms with Crippen molar-refractivity contribution in [3.05, 3.63) is 0 Å². The van der Waals surface area contributed by atoms with E-state index in [4.69, 9.17) is 0 Å². The Morgan fingerprint density at radius 1 is 1.04 bits per heavy atom. The van der Waals surface area contributed by atoms with E-state index in [9.17, 15) is 26.3 Å². The summed E-state index contributed by atoms with van der Waals surface area (Å²) in [4.78, 5) is 7.53. The van der Waals surface area contributed by atoms with Crippen molar-refractivity contribution in [2.24, 2.45) is 4.99 Å². The van der Waals surface area contributed by atoms with Crippen LogP contribution in [0.3, 0.4) is 0 Å². The molecule has 1 aliphatic heterocycles. The van der Waals surface area contributed by atoms with E-state index < -0.39 is 24.8 Å². The fourth-order valence-electron chi connectivity index (χ4n) is 2.58. The van der Waals surface area contributed by atoms with Gasteiger partial charge >= 0.3 is 12.4 Å². The van der Waals surface area contributed by atoms with Gasteiger partial charge in [0.25, 0.3) is 0 Å². The van der Waals surface area contributed by atoms with Crippen LogP contribution in [0.5, 0.6) is 0 Å². The van der Waals surface area contributed by atoms with Gasteiger partial charge in [0.15, 0.2) is 5.96 Å². The van der Waals surface area contributed by atoms with E-state index in [1.165, 1.54) is 4.90 Å². The first kappa shape index (κ1) is 21.9. The van der Waals surface area contributed by atoms with Crippen LogP contribution in [0.4, 0.5) is 26.3 Å². The molecule has 0 radical (unpaired) electrons. The van der Waals surface area contributed by atoms with Crippen LogP contribution in [-0.4, -0.2) is 73.4 Å². The Kier molecular flexibility index (Phi) is 8.30. The van der Waals surface area contributed by atoms with Crippen LogP contribution >= 0.6 is 0 Å². The molecule has 0 aromatic carbocycles. The largest absolute Gasteiger partial charge is 0.403 e.